The molecule has 25 heavy (non-hydrogen) atoms. The molecular weight excluding hydrogens is 355 g/mol. The summed E-state index contributed by atoms with van der Waals surface area (Å²) in [6.45, 7) is 5.24. The monoisotopic (exact) mass is 379 g/mol. The number of rotatable bonds is 7. The number of anilines is 1. The highest BCUT2D eigenvalue weighted by molar-refractivity contribution is 6.35. The van der Waals surface area contributed by atoms with Gasteiger partial charge < -0.3 is 10.2 Å². The van der Waals surface area contributed by atoms with Gasteiger partial charge in [0, 0.05) is 16.3 Å². The molecule has 0 spiro atoms. The number of hydrogen-bond donors (Lipinski definition) is 2. The van der Waals surface area contributed by atoms with Crippen LogP contribution in [0.15, 0.2) is 36.4 Å². The molecule has 0 aliphatic carbocycles. The minimum absolute atomic E-state index is 0.0122. The van der Waals surface area contributed by atoms with E-state index in [0.717, 1.165) is 29.0 Å². The highest BCUT2D eigenvalue weighted by Gasteiger charge is 2.15. The Kier molecular flexibility index (Phi) is 7.30. The van der Waals surface area contributed by atoms with Crippen molar-refractivity contribution in [2.24, 2.45) is 0 Å². The molecular formula is C20H25Cl2N2O+. The molecule has 1 unspecified atom stereocenters. The highest BCUT2D eigenvalue weighted by atomic mass is 35.5. The summed E-state index contributed by atoms with van der Waals surface area (Å²) in [6.07, 6.45) is 1.79. The van der Waals surface area contributed by atoms with Gasteiger partial charge in [0.2, 0.25) is 0 Å². The van der Waals surface area contributed by atoms with Crippen molar-refractivity contribution in [3.8, 4) is 0 Å². The third-order valence-corrected chi connectivity index (χ3v) is 4.82. The normalized spacial score (nSPS) is 12.0. The Morgan fingerprint density at radius 2 is 1.68 bits per heavy atom. The van der Waals surface area contributed by atoms with Gasteiger partial charge in [-0.3, -0.25) is 4.79 Å². The maximum Gasteiger partial charge on any atom is 0.279 e. The van der Waals surface area contributed by atoms with Gasteiger partial charge in [-0.1, -0.05) is 61.3 Å². The Balaban J connectivity index is 2.02. The predicted molar refractivity (Wildman–Crippen MR) is 106 cm³/mol. The predicted octanol–water partition coefficient (Wildman–Crippen LogP) is 3.77. The van der Waals surface area contributed by atoms with E-state index in [4.69, 9.17) is 23.2 Å². The molecule has 2 aromatic rings. The number of halogens is 2. The standard InChI is InChI=1S/C20H24Cl2N2O/c1-4-14-7-6-8-15(5-2)20(14)23-19(25)13-24(3)12-16-9-10-17(21)11-18(16)22/h6-11H,4-5,12-13H2,1-3H3,(H,23,25)/p+1. The van der Waals surface area contributed by atoms with Gasteiger partial charge >= 0.3 is 0 Å². The van der Waals surface area contributed by atoms with Crippen LogP contribution in [0.5, 0.6) is 0 Å². The number of nitrogens with one attached hydrogen (secondary N) is 2. The van der Waals surface area contributed by atoms with Crippen molar-refractivity contribution in [2.45, 2.75) is 33.2 Å². The first-order chi connectivity index (χ1) is 11.9. The molecule has 0 fully saturated rings. The topological polar surface area (TPSA) is 33.5 Å². The fraction of sp³-hybridized carbons (Fsp3) is 0.350. The van der Waals surface area contributed by atoms with E-state index in [1.165, 1.54) is 11.1 Å². The molecule has 0 heterocycles. The molecule has 0 saturated carbocycles. The van der Waals surface area contributed by atoms with Crippen LogP contribution in [-0.2, 0) is 24.2 Å². The summed E-state index contributed by atoms with van der Waals surface area (Å²) < 4.78 is 0. The van der Waals surface area contributed by atoms with Gasteiger partial charge in [-0.25, -0.2) is 0 Å². The smallest absolute Gasteiger partial charge is 0.279 e. The molecule has 2 rings (SSSR count). The van der Waals surface area contributed by atoms with Gasteiger partial charge in [-0.05, 0) is 36.1 Å². The first kappa shape index (κ1) is 19.8. The molecule has 0 aliphatic rings. The molecule has 2 N–H and O–H groups in total. The minimum atomic E-state index is 0.0122. The Bertz CT molecular complexity index is 724. The van der Waals surface area contributed by atoms with Crippen LogP contribution >= 0.6 is 23.2 Å². The quantitative estimate of drug-likeness (QED) is 0.753. The lowest BCUT2D eigenvalue weighted by atomic mass is 10.0. The van der Waals surface area contributed by atoms with E-state index in [0.29, 0.717) is 23.1 Å². The molecule has 0 bridgehead atoms. The third kappa shape index (κ3) is 5.46. The van der Waals surface area contributed by atoms with Crippen molar-refractivity contribution in [3.05, 3.63) is 63.1 Å². The lowest BCUT2D eigenvalue weighted by Crippen LogP contribution is -3.08. The fourth-order valence-corrected chi connectivity index (χ4v) is 3.39. The van der Waals surface area contributed by atoms with Gasteiger partial charge in [0.05, 0.1) is 12.1 Å². The molecule has 134 valence electrons. The van der Waals surface area contributed by atoms with Gasteiger partial charge in [0.1, 0.15) is 6.54 Å². The largest absolute Gasteiger partial charge is 0.326 e. The molecule has 0 aliphatic heterocycles. The second kappa shape index (κ2) is 9.23. The molecule has 2 aromatic carbocycles. The van der Waals surface area contributed by atoms with E-state index in [-0.39, 0.29) is 5.91 Å². The number of carbonyl (C=O) groups excluding carboxylic acids is 1. The van der Waals surface area contributed by atoms with Crippen LogP contribution in [0.2, 0.25) is 10.0 Å². The van der Waals surface area contributed by atoms with Gasteiger partial charge in [0.25, 0.3) is 5.91 Å². The summed E-state index contributed by atoms with van der Waals surface area (Å²) in [6, 6.07) is 11.6. The summed E-state index contributed by atoms with van der Waals surface area (Å²) in [5, 5.41) is 4.36. The zero-order valence-corrected chi connectivity index (χ0v) is 16.5. The second-order valence-corrected chi connectivity index (χ2v) is 7.10. The molecule has 0 aromatic heterocycles. The first-order valence-corrected chi connectivity index (χ1v) is 9.36. The molecule has 5 heteroatoms. The maximum absolute atomic E-state index is 12.5. The van der Waals surface area contributed by atoms with E-state index in [9.17, 15) is 4.79 Å². The maximum atomic E-state index is 12.5. The number of quaternary nitrogens is 1. The zero-order valence-electron chi connectivity index (χ0n) is 15.0. The fourth-order valence-electron chi connectivity index (χ4n) is 2.91. The van der Waals surface area contributed by atoms with Crippen LogP contribution in [-0.4, -0.2) is 19.5 Å². The number of hydrogen-bond acceptors (Lipinski definition) is 1. The van der Waals surface area contributed by atoms with Crippen molar-refractivity contribution in [2.75, 3.05) is 18.9 Å². The Morgan fingerprint density at radius 3 is 2.24 bits per heavy atom. The van der Waals surface area contributed by atoms with Crippen molar-refractivity contribution < 1.29 is 9.69 Å². The average Bonchev–Trinajstić information content (AvgIpc) is 2.57. The van der Waals surface area contributed by atoms with Crippen LogP contribution in [0.4, 0.5) is 5.69 Å². The number of likely N-dealkylation sites (N-methyl/N-ethyl adjacent to an activating group) is 1. The average molecular weight is 380 g/mol. The summed E-state index contributed by atoms with van der Waals surface area (Å²) >= 11 is 12.2. The second-order valence-electron chi connectivity index (χ2n) is 6.25. The van der Waals surface area contributed by atoms with Crippen LogP contribution in [0.25, 0.3) is 0 Å². The number of para-hydroxylation sites is 1. The number of carbonyl (C=O) groups is 1. The minimum Gasteiger partial charge on any atom is -0.326 e. The lowest BCUT2D eigenvalue weighted by molar-refractivity contribution is -0.885. The molecule has 0 saturated heterocycles. The summed E-state index contributed by atoms with van der Waals surface area (Å²) in [5.41, 5.74) is 4.30. The Labute approximate surface area is 159 Å². The number of amides is 1. The Hall–Kier alpha value is -1.55. The first-order valence-electron chi connectivity index (χ1n) is 8.60. The SMILES string of the molecule is CCc1cccc(CC)c1NC(=O)C[NH+](C)Cc1ccc(Cl)cc1Cl. The highest BCUT2D eigenvalue weighted by Crippen LogP contribution is 2.22. The van der Waals surface area contributed by atoms with Crippen LogP contribution in [0, 0.1) is 0 Å². The van der Waals surface area contributed by atoms with Gasteiger partial charge in [-0.2, -0.15) is 0 Å². The van der Waals surface area contributed by atoms with Gasteiger partial charge in [0.15, 0.2) is 6.54 Å². The van der Waals surface area contributed by atoms with E-state index < -0.39 is 0 Å². The van der Waals surface area contributed by atoms with Crippen LogP contribution in [0.3, 0.4) is 0 Å². The summed E-state index contributed by atoms with van der Waals surface area (Å²) in [7, 11) is 1.98. The summed E-state index contributed by atoms with van der Waals surface area (Å²) in [5.74, 6) is 0.0122. The van der Waals surface area contributed by atoms with Crippen molar-refractivity contribution in [1.82, 2.24) is 0 Å². The van der Waals surface area contributed by atoms with E-state index in [1.54, 1.807) is 6.07 Å². The molecule has 0 radical (unpaired) electrons. The zero-order chi connectivity index (χ0) is 18.4. The molecule has 3 nitrogen and oxygen atoms in total. The van der Waals surface area contributed by atoms with Crippen molar-refractivity contribution in [3.63, 3.8) is 0 Å². The number of aryl methyl sites for hydroxylation is 2. The van der Waals surface area contributed by atoms with E-state index >= 15 is 0 Å². The van der Waals surface area contributed by atoms with Crippen LogP contribution in [0.1, 0.15) is 30.5 Å². The third-order valence-electron chi connectivity index (χ3n) is 4.23. The number of benzene rings is 2. The summed E-state index contributed by atoms with van der Waals surface area (Å²) in [4.78, 5) is 13.6. The van der Waals surface area contributed by atoms with Crippen LogP contribution < -0.4 is 10.2 Å². The van der Waals surface area contributed by atoms with Gasteiger partial charge in [-0.15, -0.1) is 0 Å². The van der Waals surface area contributed by atoms with Crippen molar-refractivity contribution >= 4 is 34.8 Å². The van der Waals surface area contributed by atoms with E-state index in [1.807, 2.05) is 25.2 Å². The Morgan fingerprint density at radius 1 is 1.04 bits per heavy atom. The lowest BCUT2D eigenvalue weighted by Gasteiger charge is -2.17. The molecule has 1 atom stereocenters. The molecule has 1 amide bonds. The van der Waals surface area contributed by atoms with Crippen molar-refractivity contribution in [1.29, 1.82) is 0 Å². The van der Waals surface area contributed by atoms with E-state index in [2.05, 4.69) is 31.3 Å².